The summed E-state index contributed by atoms with van der Waals surface area (Å²) in [6.07, 6.45) is 0.0627. The van der Waals surface area contributed by atoms with Crippen molar-refractivity contribution in [3.8, 4) is 0 Å². The van der Waals surface area contributed by atoms with Crippen LogP contribution in [0.3, 0.4) is 0 Å². The molecule has 0 fully saturated rings. The Kier molecular flexibility index (Phi) is 6.15. The summed E-state index contributed by atoms with van der Waals surface area (Å²) in [5.41, 5.74) is 1.28. The van der Waals surface area contributed by atoms with Gasteiger partial charge in [-0.1, -0.05) is 0 Å². The predicted molar refractivity (Wildman–Crippen MR) is 95.1 cm³/mol. The van der Waals surface area contributed by atoms with Gasteiger partial charge in [0, 0.05) is 41.9 Å². The second-order valence-corrected chi connectivity index (χ2v) is 5.49. The number of rotatable bonds is 7. The van der Waals surface area contributed by atoms with Crippen LogP contribution in [-0.2, 0) is 4.79 Å². The van der Waals surface area contributed by atoms with Gasteiger partial charge in [0.25, 0.3) is 11.6 Å². The number of nitro benzene ring substituents is 1. The minimum Gasteiger partial charge on any atom is -0.352 e. The first kappa shape index (κ1) is 18.8. The lowest BCUT2D eigenvalue weighted by atomic mass is 10.1. The number of carbonyl (C=O) groups excluding carboxylic acids is 3. The molecule has 2 N–H and O–H groups in total. The molecule has 0 aliphatic heterocycles. The van der Waals surface area contributed by atoms with Gasteiger partial charge in [0.05, 0.1) is 4.92 Å². The van der Waals surface area contributed by atoms with Crippen LogP contribution in [0.1, 0.15) is 34.1 Å². The zero-order valence-electron chi connectivity index (χ0n) is 14.0. The van der Waals surface area contributed by atoms with Crippen LogP contribution < -0.4 is 10.6 Å². The number of nitrogens with one attached hydrogen (secondary N) is 2. The number of amides is 2. The molecule has 0 radical (unpaired) electrons. The average Bonchev–Trinajstić information content (AvgIpc) is 2.62. The molecule has 2 rings (SSSR count). The maximum absolute atomic E-state index is 11.9. The van der Waals surface area contributed by atoms with Crippen molar-refractivity contribution in [2.24, 2.45) is 0 Å². The van der Waals surface area contributed by atoms with E-state index in [1.165, 1.54) is 31.2 Å². The maximum Gasteiger partial charge on any atom is 0.269 e. The highest BCUT2D eigenvalue weighted by molar-refractivity contribution is 5.96. The number of nitrogens with zero attached hydrogens (tertiary/aromatic N) is 1. The molecule has 0 heterocycles. The molecule has 0 unspecified atom stereocenters. The lowest BCUT2D eigenvalue weighted by molar-refractivity contribution is -0.384. The summed E-state index contributed by atoms with van der Waals surface area (Å²) < 4.78 is 0. The van der Waals surface area contributed by atoms with Crippen molar-refractivity contribution < 1.29 is 19.3 Å². The highest BCUT2D eigenvalue weighted by Crippen LogP contribution is 2.12. The molecule has 0 aromatic heterocycles. The monoisotopic (exact) mass is 355 g/mol. The van der Waals surface area contributed by atoms with Gasteiger partial charge in [0.1, 0.15) is 0 Å². The Morgan fingerprint density at radius 2 is 1.54 bits per heavy atom. The van der Waals surface area contributed by atoms with E-state index >= 15 is 0 Å². The molecule has 2 aromatic carbocycles. The topological polar surface area (TPSA) is 118 Å². The van der Waals surface area contributed by atoms with Crippen LogP contribution in [0, 0.1) is 10.1 Å². The Balaban J connectivity index is 1.79. The second kappa shape index (κ2) is 8.52. The van der Waals surface area contributed by atoms with Crippen molar-refractivity contribution in [1.29, 1.82) is 0 Å². The van der Waals surface area contributed by atoms with Crippen LogP contribution in [0.2, 0.25) is 0 Å². The van der Waals surface area contributed by atoms with Crippen molar-refractivity contribution in [3.05, 3.63) is 69.8 Å². The van der Waals surface area contributed by atoms with E-state index in [4.69, 9.17) is 0 Å². The van der Waals surface area contributed by atoms with Gasteiger partial charge >= 0.3 is 0 Å². The average molecular weight is 355 g/mol. The van der Waals surface area contributed by atoms with Crippen molar-refractivity contribution in [2.45, 2.75) is 13.3 Å². The molecule has 0 saturated heterocycles. The Labute approximate surface area is 149 Å². The SMILES string of the molecule is CC(=O)c1ccc(NC(=O)CCNC(=O)c2ccc([N+](=O)[O-])cc2)cc1. The van der Waals surface area contributed by atoms with Crippen LogP contribution in [0.15, 0.2) is 48.5 Å². The Hall–Kier alpha value is -3.55. The lowest BCUT2D eigenvalue weighted by Crippen LogP contribution is -2.27. The molecule has 0 aliphatic carbocycles. The minimum atomic E-state index is -0.547. The van der Waals surface area contributed by atoms with E-state index in [2.05, 4.69) is 10.6 Å². The third kappa shape index (κ3) is 5.23. The number of nitro groups is 1. The predicted octanol–water partition coefficient (Wildman–Crippen LogP) is 2.56. The number of non-ortho nitro benzene ring substituents is 1. The number of anilines is 1. The van der Waals surface area contributed by atoms with Gasteiger partial charge in [0.2, 0.25) is 5.91 Å². The largest absolute Gasteiger partial charge is 0.352 e. The molecule has 0 aliphatic rings. The van der Waals surface area contributed by atoms with Crippen LogP contribution in [0.5, 0.6) is 0 Å². The maximum atomic E-state index is 11.9. The van der Waals surface area contributed by atoms with E-state index in [-0.39, 0.29) is 35.9 Å². The fraction of sp³-hybridized carbons (Fsp3) is 0.167. The molecule has 2 amide bonds. The van der Waals surface area contributed by atoms with E-state index in [1.807, 2.05) is 0 Å². The van der Waals surface area contributed by atoms with Crippen molar-refractivity contribution in [1.82, 2.24) is 5.32 Å². The summed E-state index contributed by atoms with van der Waals surface area (Å²) >= 11 is 0. The molecule has 0 atom stereocenters. The van der Waals surface area contributed by atoms with Gasteiger partial charge in [0.15, 0.2) is 5.78 Å². The minimum absolute atomic E-state index is 0.0585. The molecule has 0 bridgehead atoms. The summed E-state index contributed by atoms with van der Waals surface area (Å²) in [7, 11) is 0. The quantitative estimate of drug-likeness (QED) is 0.449. The summed E-state index contributed by atoms with van der Waals surface area (Å²) in [5, 5.41) is 15.8. The number of hydrogen-bond acceptors (Lipinski definition) is 5. The smallest absolute Gasteiger partial charge is 0.269 e. The number of Topliss-reactive ketones (excluding diaryl/α,β-unsaturated/α-hetero) is 1. The van der Waals surface area contributed by atoms with E-state index in [1.54, 1.807) is 24.3 Å². The fourth-order valence-electron chi connectivity index (χ4n) is 2.14. The van der Waals surface area contributed by atoms with Crippen molar-refractivity contribution in [3.63, 3.8) is 0 Å². The highest BCUT2D eigenvalue weighted by Gasteiger charge is 2.10. The number of benzene rings is 2. The molecular weight excluding hydrogens is 338 g/mol. The normalized spacial score (nSPS) is 10.0. The van der Waals surface area contributed by atoms with Gasteiger partial charge in [-0.15, -0.1) is 0 Å². The van der Waals surface area contributed by atoms with Gasteiger partial charge in [-0.3, -0.25) is 24.5 Å². The third-order valence-electron chi connectivity index (χ3n) is 3.55. The van der Waals surface area contributed by atoms with Crippen LogP contribution in [-0.4, -0.2) is 29.1 Å². The van der Waals surface area contributed by atoms with E-state index in [0.29, 0.717) is 11.3 Å². The van der Waals surface area contributed by atoms with E-state index in [0.717, 1.165) is 0 Å². The third-order valence-corrected chi connectivity index (χ3v) is 3.55. The van der Waals surface area contributed by atoms with E-state index in [9.17, 15) is 24.5 Å². The first-order chi connectivity index (χ1) is 12.4. The Morgan fingerprint density at radius 3 is 2.08 bits per heavy atom. The molecule has 0 spiro atoms. The summed E-state index contributed by atoms with van der Waals surface area (Å²) in [6, 6.07) is 11.7. The van der Waals surface area contributed by atoms with Gasteiger partial charge in [-0.25, -0.2) is 0 Å². The summed E-state index contributed by atoms with van der Waals surface area (Å²) in [5.74, 6) is -0.764. The summed E-state index contributed by atoms with van der Waals surface area (Å²) in [4.78, 5) is 45.0. The van der Waals surface area contributed by atoms with E-state index < -0.39 is 10.8 Å². The van der Waals surface area contributed by atoms with Crippen LogP contribution in [0.4, 0.5) is 11.4 Å². The summed E-state index contributed by atoms with van der Waals surface area (Å²) in [6.45, 7) is 1.58. The molecule has 8 nitrogen and oxygen atoms in total. The second-order valence-electron chi connectivity index (χ2n) is 5.49. The zero-order chi connectivity index (χ0) is 19.1. The first-order valence-corrected chi connectivity index (χ1v) is 7.80. The van der Waals surface area contributed by atoms with Gasteiger partial charge in [-0.2, -0.15) is 0 Å². The molecule has 0 saturated carbocycles. The Morgan fingerprint density at radius 1 is 0.962 bits per heavy atom. The van der Waals surface area contributed by atoms with Gasteiger partial charge < -0.3 is 10.6 Å². The molecular formula is C18H17N3O5. The molecule has 26 heavy (non-hydrogen) atoms. The lowest BCUT2D eigenvalue weighted by Gasteiger charge is -2.07. The fourth-order valence-corrected chi connectivity index (χ4v) is 2.14. The zero-order valence-corrected chi connectivity index (χ0v) is 14.0. The van der Waals surface area contributed by atoms with Crippen molar-refractivity contribution in [2.75, 3.05) is 11.9 Å². The Bertz CT molecular complexity index is 829. The molecule has 2 aromatic rings. The van der Waals surface area contributed by atoms with Crippen LogP contribution in [0.25, 0.3) is 0 Å². The highest BCUT2D eigenvalue weighted by atomic mass is 16.6. The first-order valence-electron chi connectivity index (χ1n) is 7.80. The number of ketones is 1. The van der Waals surface area contributed by atoms with Gasteiger partial charge in [-0.05, 0) is 43.3 Å². The molecule has 8 heteroatoms. The molecule has 134 valence electrons. The standard InChI is InChI=1S/C18H17N3O5/c1-12(22)13-2-6-15(7-3-13)20-17(23)10-11-19-18(24)14-4-8-16(9-5-14)21(25)26/h2-9H,10-11H2,1H3,(H,19,24)(H,20,23). The van der Waals surface area contributed by atoms with Crippen molar-refractivity contribution >= 4 is 29.0 Å². The number of carbonyl (C=O) groups is 3. The number of hydrogen-bond donors (Lipinski definition) is 2. The van der Waals surface area contributed by atoms with Crippen LogP contribution >= 0.6 is 0 Å².